The van der Waals surface area contributed by atoms with Gasteiger partial charge in [-0.25, -0.2) is 4.39 Å². The number of Topliss-reactive ketones (excluding diaryl/α,β-unsaturated/α-hetero) is 1. The molecule has 1 heterocycles. The normalized spacial score (nSPS) is 10.8. The number of furan rings is 1. The lowest BCUT2D eigenvalue weighted by molar-refractivity contribution is 0.0958. The van der Waals surface area contributed by atoms with Crippen LogP contribution in [0.5, 0.6) is 0 Å². The molecule has 0 atom stereocenters. The van der Waals surface area contributed by atoms with Crippen molar-refractivity contribution in [2.45, 2.75) is 12.8 Å². The summed E-state index contributed by atoms with van der Waals surface area (Å²) in [6, 6.07) is 16.0. The fraction of sp³-hybridized carbons (Fsp3) is 0.118. The zero-order valence-electron chi connectivity index (χ0n) is 10.8. The topological polar surface area (TPSA) is 30.2 Å². The number of ketones is 1. The van der Waals surface area contributed by atoms with E-state index in [-0.39, 0.29) is 17.1 Å². The van der Waals surface area contributed by atoms with Crippen LogP contribution in [-0.2, 0) is 6.42 Å². The van der Waals surface area contributed by atoms with Crippen LogP contribution >= 0.6 is 0 Å². The van der Waals surface area contributed by atoms with Gasteiger partial charge in [-0.15, -0.1) is 0 Å². The van der Waals surface area contributed by atoms with E-state index in [9.17, 15) is 9.18 Å². The Morgan fingerprint density at radius 3 is 2.60 bits per heavy atom. The van der Waals surface area contributed by atoms with Crippen LogP contribution in [0.15, 0.2) is 59.0 Å². The van der Waals surface area contributed by atoms with Gasteiger partial charge in [-0.2, -0.15) is 0 Å². The first-order valence-electron chi connectivity index (χ1n) is 6.49. The second-order valence-corrected chi connectivity index (χ2v) is 4.68. The van der Waals surface area contributed by atoms with E-state index in [1.54, 1.807) is 18.2 Å². The lowest BCUT2D eigenvalue weighted by atomic mass is 10.1. The van der Waals surface area contributed by atoms with Gasteiger partial charge in [0.2, 0.25) is 0 Å². The van der Waals surface area contributed by atoms with Gasteiger partial charge in [0.25, 0.3) is 0 Å². The maximum atomic E-state index is 13.5. The molecule has 3 aromatic rings. The number of halogens is 1. The van der Waals surface area contributed by atoms with Crippen LogP contribution in [0.1, 0.15) is 22.5 Å². The van der Waals surface area contributed by atoms with E-state index >= 15 is 0 Å². The average Bonchev–Trinajstić information content (AvgIpc) is 2.91. The van der Waals surface area contributed by atoms with Crippen molar-refractivity contribution in [1.29, 1.82) is 0 Å². The summed E-state index contributed by atoms with van der Waals surface area (Å²) >= 11 is 0. The number of hydrogen-bond donors (Lipinski definition) is 0. The van der Waals surface area contributed by atoms with Crippen molar-refractivity contribution in [2.24, 2.45) is 0 Å². The summed E-state index contributed by atoms with van der Waals surface area (Å²) in [6.07, 6.45) is 1.00. The van der Waals surface area contributed by atoms with Gasteiger partial charge in [0.05, 0.1) is 0 Å². The third kappa shape index (κ3) is 2.48. The first kappa shape index (κ1) is 12.6. The molecule has 2 nitrogen and oxygen atoms in total. The monoisotopic (exact) mass is 268 g/mol. The number of carbonyl (C=O) groups is 1. The lowest BCUT2D eigenvalue weighted by Gasteiger charge is -1.98. The highest BCUT2D eigenvalue weighted by Crippen LogP contribution is 2.23. The lowest BCUT2D eigenvalue weighted by Crippen LogP contribution is -1.99. The van der Waals surface area contributed by atoms with Gasteiger partial charge in [0, 0.05) is 11.8 Å². The number of fused-ring (bicyclic) bond motifs is 1. The standard InChI is InChI=1S/C17H13FO2/c18-14-8-4-7-13-11-16(20-17(13)14)15(19)10-9-12-5-2-1-3-6-12/h1-8,11H,9-10H2. The summed E-state index contributed by atoms with van der Waals surface area (Å²) < 4.78 is 18.8. The molecule has 0 fully saturated rings. The first-order chi connectivity index (χ1) is 9.74. The van der Waals surface area contributed by atoms with E-state index in [2.05, 4.69) is 0 Å². The van der Waals surface area contributed by atoms with Crippen LogP contribution < -0.4 is 0 Å². The third-order valence-electron chi connectivity index (χ3n) is 3.25. The molecule has 100 valence electrons. The number of para-hydroxylation sites is 1. The van der Waals surface area contributed by atoms with Gasteiger partial charge in [-0.3, -0.25) is 4.79 Å². The minimum Gasteiger partial charge on any atom is -0.450 e. The Morgan fingerprint density at radius 2 is 1.85 bits per heavy atom. The first-order valence-corrected chi connectivity index (χ1v) is 6.49. The molecule has 0 saturated heterocycles. The third-order valence-corrected chi connectivity index (χ3v) is 3.25. The van der Waals surface area contributed by atoms with Crippen molar-refractivity contribution < 1.29 is 13.6 Å². The second-order valence-electron chi connectivity index (χ2n) is 4.68. The maximum absolute atomic E-state index is 13.5. The predicted octanol–water partition coefficient (Wildman–Crippen LogP) is 4.39. The van der Waals surface area contributed by atoms with Gasteiger partial charge < -0.3 is 4.42 Å². The van der Waals surface area contributed by atoms with E-state index in [0.29, 0.717) is 18.2 Å². The van der Waals surface area contributed by atoms with Crippen molar-refractivity contribution in [3.8, 4) is 0 Å². The Hall–Kier alpha value is -2.42. The zero-order valence-corrected chi connectivity index (χ0v) is 10.8. The van der Waals surface area contributed by atoms with Crippen molar-refractivity contribution >= 4 is 16.8 Å². The minimum atomic E-state index is -0.440. The molecule has 0 spiro atoms. The molecule has 20 heavy (non-hydrogen) atoms. The summed E-state index contributed by atoms with van der Waals surface area (Å²) in [5, 5.41) is 0.619. The fourth-order valence-corrected chi connectivity index (χ4v) is 2.19. The number of carbonyl (C=O) groups excluding carboxylic acids is 1. The van der Waals surface area contributed by atoms with E-state index < -0.39 is 5.82 Å². The molecule has 0 N–H and O–H groups in total. The van der Waals surface area contributed by atoms with Crippen molar-refractivity contribution in [3.63, 3.8) is 0 Å². The summed E-state index contributed by atoms with van der Waals surface area (Å²) in [4.78, 5) is 12.1. The van der Waals surface area contributed by atoms with Crippen LogP contribution in [0.2, 0.25) is 0 Å². The van der Waals surface area contributed by atoms with E-state index in [1.807, 2.05) is 30.3 Å². The van der Waals surface area contributed by atoms with Gasteiger partial charge >= 0.3 is 0 Å². The van der Waals surface area contributed by atoms with Gasteiger partial charge in [-0.1, -0.05) is 42.5 Å². The van der Waals surface area contributed by atoms with Crippen LogP contribution in [0.3, 0.4) is 0 Å². The zero-order chi connectivity index (χ0) is 13.9. The predicted molar refractivity (Wildman–Crippen MR) is 75.3 cm³/mol. The van der Waals surface area contributed by atoms with Crippen LogP contribution in [0.25, 0.3) is 11.0 Å². The van der Waals surface area contributed by atoms with E-state index in [4.69, 9.17) is 4.42 Å². The summed E-state index contributed by atoms with van der Waals surface area (Å²) in [6.45, 7) is 0. The molecule has 3 rings (SSSR count). The minimum absolute atomic E-state index is 0.107. The molecule has 0 aliphatic heterocycles. The molecular formula is C17H13FO2. The number of benzene rings is 2. The highest BCUT2D eigenvalue weighted by atomic mass is 19.1. The Kier molecular flexibility index (Phi) is 3.33. The smallest absolute Gasteiger partial charge is 0.198 e. The molecule has 0 bridgehead atoms. The molecule has 3 heteroatoms. The second kappa shape index (κ2) is 5.29. The molecule has 0 aliphatic rings. The van der Waals surface area contributed by atoms with Gasteiger partial charge in [0.15, 0.2) is 22.9 Å². The quantitative estimate of drug-likeness (QED) is 0.657. The number of rotatable bonds is 4. The van der Waals surface area contributed by atoms with Crippen molar-refractivity contribution in [3.05, 3.63) is 71.7 Å². The summed E-state index contributed by atoms with van der Waals surface area (Å²) in [7, 11) is 0. The average molecular weight is 268 g/mol. The van der Waals surface area contributed by atoms with E-state index in [0.717, 1.165) is 5.56 Å². The Morgan fingerprint density at radius 1 is 1.05 bits per heavy atom. The molecule has 0 aliphatic carbocycles. The van der Waals surface area contributed by atoms with Crippen molar-refractivity contribution in [1.82, 2.24) is 0 Å². The van der Waals surface area contributed by atoms with E-state index in [1.165, 1.54) is 6.07 Å². The Balaban J connectivity index is 1.77. The largest absolute Gasteiger partial charge is 0.450 e. The molecule has 0 radical (unpaired) electrons. The molecule has 1 aromatic heterocycles. The van der Waals surface area contributed by atoms with Crippen molar-refractivity contribution in [2.75, 3.05) is 0 Å². The number of aryl methyl sites for hydroxylation is 1. The highest BCUT2D eigenvalue weighted by Gasteiger charge is 2.14. The highest BCUT2D eigenvalue weighted by molar-refractivity contribution is 5.97. The Labute approximate surface area is 115 Å². The molecule has 0 saturated carbocycles. The SMILES string of the molecule is O=C(CCc1ccccc1)c1cc2cccc(F)c2o1. The van der Waals surface area contributed by atoms with Crippen LogP contribution in [0.4, 0.5) is 4.39 Å². The fourth-order valence-electron chi connectivity index (χ4n) is 2.19. The molecule has 2 aromatic carbocycles. The van der Waals surface area contributed by atoms with Crippen LogP contribution in [-0.4, -0.2) is 5.78 Å². The molecule has 0 amide bonds. The maximum Gasteiger partial charge on any atom is 0.198 e. The summed E-state index contributed by atoms with van der Waals surface area (Å²) in [5.74, 6) is -0.324. The van der Waals surface area contributed by atoms with Gasteiger partial charge in [-0.05, 0) is 24.1 Å². The molecular weight excluding hydrogens is 255 g/mol. The Bertz CT molecular complexity index is 744. The number of hydrogen-bond acceptors (Lipinski definition) is 2. The summed E-state index contributed by atoms with van der Waals surface area (Å²) in [5.41, 5.74) is 1.25. The van der Waals surface area contributed by atoms with Crippen LogP contribution in [0, 0.1) is 5.82 Å². The van der Waals surface area contributed by atoms with Gasteiger partial charge in [0.1, 0.15) is 0 Å². The molecule has 0 unspecified atom stereocenters.